The molecule has 3 atom stereocenters. The van der Waals surface area contributed by atoms with E-state index in [1.54, 1.807) is 0 Å². The number of hydrogen-bond acceptors (Lipinski definition) is 7. The molecule has 0 spiro atoms. The van der Waals surface area contributed by atoms with Gasteiger partial charge in [-0.3, -0.25) is 28.9 Å². The van der Waals surface area contributed by atoms with E-state index >= 15 is 0 Å². The highest BCUT2D eigenvalue weighted by molar-refractivity contribution is 6.06. The first-order valence-corrected chi connectivity index (χ1v) is 18.3. The molecule has 0 aliphatic carbocycles. The van der Waals surface area contributed by atoms with Crippen LogP contribution in [0.1, 0.15) is 105 Å². The molecule has 0 aromatic heterocycles. The van der Waals surface area contributed by atoms with Crippen molar-refractivity contribution in [3.05, 3.63) is 59.7 Å². The molecule has 1 aliphatic rings. The maximum absolute atomic E-state index is 13.8. The quantitative estimate of drug-likeness (QED) is 0.0639. The van der Waals surface area contributed by atoms with E-state index in [2.05, 4.69) is 64.3 Å². The average molecular weight is 709 g/mol. The summed E-state index contributed by atoms with van der Waals surface area (Å²) in [6, 6.07) is 6.69. The number of rotatable bonds is 22. The molecule has 2 rings (SSSR count). The molecule has 3 unspecified atom stereocenters. The van der Waals surface area contributed by atoms with E-state index in [-0.39, 0.29) is 61.3 Å². The predicted octanol–water partition coefficient (Wildman–Crippen LogP) is 5.25. The lowest BCUT2D eigenvalue weighted by atomic mass is 9.94. The van der Waals surface area contributed by atoms with Crippen molar-refractivity contribution in [1.82, 2.24) is 20.4 Å². The van der Waals surface area contributed by atoms with Gasteiger partial charge < -0.3 is 20.6 Å². The lowest BCUT2D eigenvalue weighted by Crippen LogP contribution is -2.47. The van der Waals surface area contributed by atoms with Crippen LogP contribution >= 0.6 is 0 Å². The molecule has 11 nitrogen and oxygen atoms in total. The number of carboxylic acid groups (broad SMARTS) is 1. The van der Waals surface area contributed by atoms with Crippen molar-refractivity contribution in [1.29, 1.82) is 0 Å². The summed E-state index contributed by atoms with van der Waals surface area (Å²) < 4.78 is 0. The van der Waals surface area contributed by atoms with Crippen LogP contribution in [0.2, 0.25) is 0 Å². The Morgan fingerprint density at radius 1 is 0.961 bits per heavy atom. The van der Waals surface area contributed by atoms with E-state index < -0.39 is 42.2 Å². The maximum Gasteiger partial charge on any atom is 0.326 e. The Balaban J connectivity index is 1.93. The van der Waals surface area contributed by atoms with Crippen LogP contribution in [0.5, 0.6) is 0 Å². The number of carboxylic acids is 1. The van der Waals surface area contributed by atoms with Crippen LogP contribution in [0.3, 0.4) is 0 Å². The smallest absolute Gasteiger partial charge is 0.326 e. The third kappa shape index (κ3) is 14.2. The van der Waals surface area contributed by atoms with Gasteiger partial charge in [-0.05, 0) is 60.6 Å². The van der Waals surface area contributed by atoms with Crippen LogP contribution in [0.15, 0.2) is 48.6 Å². The van der Waals surface area contributed by atoms with Crippen molar-refractivity contribution >= 4 is 35.4 Å². The second kappa shape index (κ2) is 21.3. The first kappa shape index (κ1) is 43.0. The van der Waals surface area contributed by atoms with Gasteiger partial charge in [0.25, 0.3) is 0 Å². The number of allylic oxidation sites excluding steroid dienone is 3. The van der Waals surface area contributed by atoms with Gasteiger partial charge in [0.15, 0.2) is 5.78 Å². The number of nitrogens with zero attached hydrogens (tertiary/aromatic N) is 2. The molecule has 0 bridgehead atoms. The Hall–Kier alpha value is -4.12. The number of amides is 4. The Morgan fingerprint density at radius 2 is 1.63 bits per heavy atom. The average Bonchev–Trinajstić information content (AvgIpc) is 3.33. The van der Waals surface area contributed by atoms with Crippen LogP contribution in [0.25, 0.3) is 0 Å². The molecule has 1 heterocycles. The van der Waals surface area contributed by atoms with E-state index in [9.17, 15) is 33.9 Å². The summed E-state index contributed by atoms with van der Waals surface area (Å²) >= 11 is 0. The molecular formula is C40H60N4O7. The fraction of sp³-hybridized carbons (Fsp3) is 0.600. The Labute approximate surface area is 304 Å². The molecule has 51 heavy (non-hydrogen) atoms. The van der Waals surface area contributed by atoms with Crippen LogP contribution in [-0.2, 0) is 35.3 Å². The van der Waals surface area contributed by atoms with E-state index in [1.165, 1.54) is 0 Å². The molecule has 1 aromatic rings. The first-order valence-electron chi connectivity index (χ1n) is 18.3. The van der Waals surface area contributed by atoms with Gasteiger partial charge in [-0.2, -0.15) is 0 Å². The van der Waals surface area contributed by atoms with Crippen molar-refractivity contribution in [2.24, 2.45) is 23.7 Å². The minimum Gasteiger partial charge on any atom is -0.480 e. The number of benzene rings is 1. The SMILES string of the molecule is CC(C)/C=C\C=C/C(C(C)C)N(Cc1ccccc1C(C)C)C(=O)CC(=O)CNCCCCC(NC(=O)CN1C(=O)CC(C(C)C)C1=O)C(=O)O. The summed E-state index contributed by atoms with van der Waals surface area (Å²) in [5, 5.41) is 15.1. The number of Topliss-reactive ketones (excluding diaryl/α,β-unsaturated/α-hetero) is 1. The first-order chi connectivity index (χ1) is 24.0. The van der Waals surface area contributed by atoms with E-state index in [4.69, 9.17) is 0 Å². The zero-order valence-corrected chi connectivity index (χ0v) is 31.8. The Bertz CT molecular complexity index is 1410. The number of carbonyl (C=O) groups excluding carboxylic acids is 5. The number of ketones is 1. The molecule has 0 saturated carbocycles. The minimum atomic E-state index is -1.21. The van der Waals surface area contributed by atoms with E-state index in [0.717, 1.165) is 16.0 Å². The zero-order valence-electron chi connectivity index (χ0n) is 31.8. The summed E-state index contributed by atoms with van der Waals surface area (Å²) in [6.07, 6.45) is 8.99. The fourth-order valence-electron chi connectivity index (χ4n) is 6.13. The van der Waals surface area contributed by atoms with E-state index in [0.29, 0.717) is 31.8 Å². The highest BCUT2D eigenvalue weighted by Crippen LogP contribution is 2.26. The number of aliphatic carboxylic acids is 1. The van der Waals surface area contributed by atoms with Gasteiger partial charge in [-0.15, -0.1) is 0 Å². The molecule has 1 saturated heterocycles. The monoisotopic (exact) mass is 708 g/mol. The predicted molar refractivity (Wildman–Crippen MR) is 198 cm³/mol. The fourth-order valence-corrected chi connectivity index (χ4v) is 6.13. The summed E-state index contributed by atoms with van der Waals surface area (Å²) in [5.74, 6) is -2.97. The zero-order chi connectivity index (χ0) is 38.2. The number of likely N-dealkylation sites (tertiary alicyclic amines) is 1. The lowest BCUT2D eigenvalue weighted by Gasteiger charge is -2.33. The number of nitrogens with one attached hydrogen (secondary N) is 2. The number of imide groups is 1. The van der Waals surface area contributed by atoms with Crippen molar-refractivity contribution < 1.29 is 33.9 Å². The summed E-state index contributed by atoms with van der Waals surface area (Å²) in [7, 11) is 0. The lowest BCUT2D eigenvalue weighted by molar-refractivity contribution is -0.145. The molecule has 3 N–H and O–H groups in total. The van der Waals surface area contributed by atoms with Crippen molar-refractivity contribution in [3.8, 4) is 0 Å². The van der Waals surface area contributed by atoms with Gasteiger partial charge in [-0.1, -0.05) is 104 Å². The van der Waals surface area contributed by atoms with Gasteiger partial charge in [0.1, 0.15) is 12.6 Å². The van der Waals surface area contributed by atoms with Gasteiger partial charge in [0.2, 0.25) is 23.6 Å². The summed E-state index contributed by atoms with van der Waals surface area (Å²) in [6.45, 7) is 16.5. The van der Waals surface area contributed by atoms with Crippen molar-refractivity contribution in [2.75, 3.05) is 19.6 Å². The Morgan fingerprint density at radius 3 is 2.22 bits per heavy atom. The molecule has 282 valence electrons. The largest absolute Gasteiger partial charge is 0.480 e. The van der Waals surface area contributed by atoms with Crippen LogP contribution in [-0.4, -0.2) is 82.0 Å². The molecule has 1 fully saturated rings. The van der Waals surface area contributed by atoms with Crippen LogP contribution < -0.4 is 10.6 Å². The third-order valence-corrected chi connectivity index (χ3v) is 9.08. The number of unbranched alkanes of at least 4 members (excludes halogenated alkanes) is 1. The second-order valence-electron chi connectivity index (χ2n) is 14.8. The van der Waals surface area contributed by atoms with E-state index in [1.807, 2.05) is 55.2 Å². The second-order valence-corrected chi connectivity index (χ2v) is 14.8. The van der Waals surface area contributed by atoms with Crippen LogP contribution in [0.4, 0.5) is 0 Å². The third-order valence-electron chi connectivity index (χ3n) is 9.08. The highest BCUT2D eigenvalue weighted by atomic mass is 16.4. The van der Waals surface area contributed by atoms with Gasteiger partial charge in [0.05, 0.1) is 19.0 Å². The topological polar surface area (TPSA) is 153 Å². The maximum atomic E-state index is 13.8. The molecule has 0 radical (unpaired) electrons. The molecular weight excluding hydrogens is 648 g/mol. The van der Waals surface area contributed by atoms with Crippen LogP contribution in [0, 0.1) is 23.7 Å². The number of carbonyl (C=O) groups is 6. The molecule has 1 aliphatic heterocycles. The Kier molecular flexibility index (Phi) is 18.0. The normalized spacial score (nSPS) is 16.3. The summed E-state index contributed by atoms with van der Waals surface area (Å²) in [5.41, 5.74) is 2.22. The molecule has 11 heteroatoms. The summed E-state index contributed by atoms with van der Waals surface area (Å²) in [4.78, 5) is 78.6. The van der Waals surface area contributed by atoms with Gasteiger partial charge >= 0.3 is 5.97 Å². The minimum absolute atomic E-state index is 0.00414. The van der Waals surface area contributed by atoms with Gasteiger partial charge in [0, 0.05) is 18.9 Å². The standard InChI is InChI=1S/C40H60N4O7/c1-26(2)15-9-12-19-35(29(7)8)43(24-30-16-10-11-17-32(30)27(3)4)37(47)21-31(45)23-41-20-14-13-18-34(40(50)51)42-36(46)25-44-38(48)22-33(28(5)6)39(44)49/h9-12,15-17,19,26-29,33-35,41H,13-14,18,20-25H2,1-8H3,(H,42,46)(H,50,51)/b15-9-,19-12-. The highest BCUT2D eigenvalue weighted by Gasteiger charge is 2.41. The molecule has 4 amide bonds. The van der Waals surface area contributed by atoms with Crippen molar-refractivity contribution in [3.63, 3.8) is 0 Å². The van der Waals surface area contributed by atoms with Gasteiger partial charge in [-0.25, -0.2) is 4.79 Å². The number of hydrogen-bond donors (Lipinski definition) is 3. The van der Waals surface area contributed by atoms with Crippen molar-refractivity contribution in [2.45, 2.75) is 112 Å². The molecule has 1 aromatic carbocycles.